The van der Waals surface area contributed by atoms with Crippen LogP contribution in [0.15, 0.2) is 54.1 Å². The smallest absolute Gasteiger partial charge is 0.315 e. The predicted molar refractivity (Wildman–Crippen MR) is 89.8 cm³/mol. The van der Waals surface area contributed by atoms with Crippen molar-refractivity contribution < 1.29 is 9.53 Å². The fourth-order valence-electron chi connectivity index (χ4n) is 3.21. The molecule has 2 nitrogen and oxygen atoms in total. The lowest BCUT2D eigenvalue weighted by molar-refractivity contribution is -0.136. The number of carbonyl (C=O) groups excluding carboxylic acids is 1. The highest BCUT2D eigenvalue weighted by Crippen LogP contribution is 2.59. The van der Waals surface area contributed by atoms with Crippen LogP contribution >= 0.6 is 0 Å². The molecule has 22 heavy (non-hydrogen) atoms. The quantitative estimate of drug-likeness (QED) is 0.453. The molecule has 1 aliphatic rings. The van der Waals surface area contributed by atoms with Crippen molar-refractivity contribution in [3.05, 3.63) is 54.1 Å². The summed E-state index contributed by atoms with van der Waals surface area (Å²) in [5, 5.41) is 2.24. The van der Waals surface area contributed by atoms with Crippen LogP contribution in [-0.4, -0.2) is 5.97 Å². The second kappa shape index (κ2) is 5.28. The van der Waals surface area contributed by atoms with E-state index in [4.69, 9.17) is 4.74 Å². The van der Waals surface area contributed by atoms with Crippen molar-refractivity contribution in [2.24, 2.45) is 17.3 Å². The maximum atomic E-state index is 12.5. The van der Waals surface area contributed by atoms with Gasteiger partial charge < -0.3 is 4.74 Å². The first-order chi connectivity index (χ1) is 10.4. The number of esters is 1. The van der Waals surface area contributed by atoms with Gasteiger partial charge >= 0.3 is 5.97 Å². The molecule has 0 saturated heterocycles. The lowest BCUT2D eigenvalue weighted by Gasteiger charge is -2.06. The Morgan fingerprint density at radius 1 is 1.09 bits per heavy atom. The van der Waals surface area contributed by atoms with Crippen molar-refractivity contribution >= 4 is 16.7 Å². The molecule has 1 saturated carbocycles. The lowest BCUT2D eigenvalue weighted by Crippen LogP contribution is -2.13. The molecule has 0 N–H and O–H groups in total. The van der Waals surface area contributed by atoms with Crippen molar-refractivity contribution in [2.45, 2.75) is 27.7 Å². The molecule has 0 amide bonds. The molecule has 3 rings (SSSR count). The summed E-state index contributed by atoms with van der Waals surface area (Å²) >= 11 is 0. The first-order valence-electron chi connectivity index (χ1n) is 7.75. The van der Waals surface area contributed by atoms with Gasteiger partial charge in [0.1, 0.15) is 5.75 Å². The largest absolute Gasteiger partial charge is 0.426 e. The van der Waals surface area contributed by atoms with Crippen LogP contribution in [0.4, 0.5) is 0 Å². The van der Waals surface area contributed by atoms with Gasteiger partial charge in [0.2, 0.25) is 0 Å². The lowest BCUT2D eigenvalue weighted by atomic mass is 10.1. The first-order valence-corrected chi connectivity index (χ1v) is 7.75. The van der Waals surface area contributed by atoms with Crippen LogP contribution in [0.3, 0.4) is 0 Å². The van der Waals surface area contributed by atoms with E-state index in [1.165, 1.54) is 5.57 Å². The molecule has 1 aliphatic carbocycles. The maximum absolute atomic E-state index is 12.5. The molecule has 2 heteroatoms. The van der Waals surface area contributed by atoms with E-state index in [2.05, 4.69) is 39.8 Å². The molecule has 0 spiro atoms. The fourth-order valence-corrected chi connectivity index (χ4v) is 3.21. The summed E-state index contributed by atoms with van der Waals surface area (Å²) in [6, 6.07) is 13.9. The average molecular weight is 294 g/mol. The number of carbonyl (C=O) groups is 1. The van der Waals surface area contributed by atoms with E-state index in [-0.39, 0.29) is 23.2 Å². The van der Waals surface area contributed by atoms with Crippen molar-refractivity contribution in [3.8, 4) is 5.75 Å². The number of ether oxygens (including phenoxy) is 1. The average Bonchev–Trinajstić information content (AvgIpc) is 2.99. The van der Waals surface area contributed by atoms with Crippen molar-refractivity contribution in [2.75, 3.05) is 0 Å². The topological polar surface area (TPSA) is 26.3 Å². The summed E-state index contributed by atoms with van der Waals surface area (Å²) in [5.74, 6) is 0.740. The Morgan fingerprint density at radius 3 is 2.45 bits per heavy atom. The first kappa shape index (κ1) is 14.8. The molecule has 2 aromatic carbocycles. The van der Waals surface area contributed by atoms with Crippen molar-refractivity contribution in [1.29, 1.82) is 0 Å². The third-order valence-corrected chi connectivity index (χ3v) is 4.62. The second-order valence-corrected chi connectivity index (χ2v) is 7.00. The third kappa shape index (κ3) is 2.66. The van der Waals surface area contributed by atoms with Gasteiger partial charge in [0, 0.05) is 0 Å². The molecule has 0 aromatic heterocycles. The van der Waals surface area contributed by atoms with Gasteiger partial charge in [-0.05, 0) is 48.1 Å². The van der Waals surface area contributed by atoms with Crippen LogP contribution in [0, 0.1) is 17.3 Å². The Balaban J connectivity index is 1.78. The number of fused-ring (bicyclic) bond motifs is 1. The van der Waals surface area contributed by atoms with Gasteiger partial charge in [-0.15, -0.1) is 0 Å². The van der Waals surface area contributed by atoms with Gasteiger partial charge in [0.15, 0.2) is 0 Å². The van der Waals surface area contributed by atoms with E-state index >= 15 is 0 Å². The molecule has 2 unspecified atom stereocenters. The summed E-state index contributed by atoms with van der Waals surface area (Å²) in [6.07, 6.45) is 2.19. The van der Waals surface area contributed by atoms with Crippen LogP contribution in [-0.2, 0) is 4.79 Å². The Morgan fingerprint density at radius 2 is 1.77 bits per heavy atom. The molecule has 0 heterocycles. The third-order valence-electron chi connectivity index (χ3n) is 4.62. The number of allylic oxidation sites excluding steroid dienone is 2. The molecular weight excluding hydrogens is 272 g/mol. The maximum Gasteiger partial charge on any atom is 0.315 e. The van der Waals surface area contributed by atoms with E-state index in [1.54, 1.807) is 0 Å². The zero-order chi connectivity index (χ0) is 15.9. The Hall–Kier alpha value is -2.09. The van der Waals surface area contributed by atoms with Gasteiger partial charge in [-0.2, -0.15) is 0 Å². The summed E-state index contributed by atoms with van der Waals surface area (Å²) < 4.78 is 5.63. The van der Waals surface area contributed by atoms with Gasteiger partial charge in [-0.3, -0.25) is 4.79 Å². The molecule has 114 valence electrons. The number of hydrogen-bond donors (Lipinski definition) is 0. The Kier molecular flexibility index (Phi) is 3.56. The van der Waals surface area contributed by atoms with Crippen LogP contribution in [0.2, 0.25) is 0 Å². The zero-order valence-corrected chi connectivity index (χ0v) is 13.6. The van der Waals surface area contributed by atoms with E-state index < -0.39 is 0 Å². The van der Waals surface area contributed by atoms with Crippen LogP contribution < -0.4 is 4.74 Å². The number of hydrogen-bond acceptors (Lipinski definition) is 2. The minimum absolute atomic E-state index is 0.00873. The van der Waals surface area contributed by atoms with Crippen LogP contribution in [0.5, 0.6) is 5.75 Å². The highest BCUT2D eigenvalue weighted by atomic mass is 16.5. The highest BCUT2D eigenvalue weighted by Gasteiger charge is 2.61. The van der Waals surface area contributed by atoms with Crippen molar-refractivity contribution in [3.63, 3.8) is 0 Å². The molecule has 0 bridgehead atoms. The van der Waals surface area contributed by atoms with Gasteiger partial charge in [-0.1, -0.05) is 55.8 Å². The Bertz CT molecular complexity index is 751. The standard InChI is InChI=1S/C20H22O2/c1-13(2)11-17-18(20(17,3)4)19(21)22-16-10-9-14-7-5-6-8-15(14)12-16/h5-12,17-18H,1-4H3. The minimum atomic E-state index is -0.122. The van der Waals surface area contributed by atoms with E-state index in [0.717, 1.165) is 10.8 Å². The minimum Gasteiger partial charge on any atom is -0.426 e. The van der Waals surface area contributed by atoms with E-state index in [0.29, 0.717) is 5.75 Å². The second-order valence-electron chi connectivity index (χ2n) is 7.00. The van der Waals surface area contributed by atoms with Gasteiger partial charge in [-0.25, -0.2) is 0 Å². The Labute approximate surface area is 131 Å². The zero-order valence-electron chi connectivity index (χ0n) is 13.6. The van der Waals surface area contributed by atoms with Crippen molar-refractivity contribution in [1.82, 2.24) is 0 Å². The molecule has 2 atom stereocenters. The molecule has 1 fully saturated rings. The van der Waals surface area contributed by atoms with Gasteiger partial charge in [0.05, 0.1) is 5.92 Å². The summed E-state index contributed by atoms with van der Waals surface area (Å²) in [6.45, 7) is 8.40. The summed E-state index contributed by atoms with van der Waals surface area (Å²) in [5.41, 5.74) is 1.24. The predicted octanol–water partition coefficient (Wildman–Crippen LogP) is 4.98. The normalized spacial score (nSPS) is 22.2. The highest BCUT2D eigenvalue weighted by molar-refractivity contribution is 5.86. The van der Waals surface area contributed by atoms with Crippen LogP contribution in [0.1, 0.15) is 27.7 Å². The molecule has 0 aliphatic heterocycles. The molecule has 0 radical (unpaired) electrons. The molecular formula is C20H22O2. The van der Waals surface area contributed by atoms with E-state index in [1.807, 2.05) is 36.4 Å². The fraction of sp³-hybridized carbons (Fsp3) is 0.350. The molecule has 2 aromatic rings. The number of benzene rings is 2. The van der Waals surface area contributed by atoms with Crippen LogP contribution in [0.25, 0.3) is 10.8 Å². The van der Waals surface area contributed by atoms with Gasteiger partial charge in [0.25, 0.3) is 0 Å². The van der Waals surface area contributed by atoms with E-state index in [9.17, 15) is 4.79 Å². The SMILES string of the molecule is CC(C)=CC1C(C(=O)Oc2ccc3ccccc3c2)C1(C)C. The summed E-state index contributed by atoms with van der Waals surface area (Å²) in [7, 11) is 0. The number of rotatable bonds is 3. The monoisotopic (exact) mass is 294 g/mol. The summed E-state index contributed by atoms with van der Waals surface area (Å²) in [4.78, 5) is 12.5.